The van der Waals surface area contributed by atoms with Gasteiger partial charge < -0.3 is 10.2 Å². The van der Waals surface area contributed by atoms with Crippen molar-refractivity contribution < 1.29 is 4.79 Å². The lowest BCUT2D eigenvalue weighted by molar-refractivity contribution is -0.132. The highest BCUT2D eigenvalue weighted by molar-refractivity contribution is 5.76. The summed E-state index contributed by atoms with van der Waals surface area (Å²) in [5.74, 6) is 0.254. The third-order valence-corrected chi connectivity index (χ3v) is 3.31. The highest BCUT2D eigenvalue weighted by Gasteiger charge is 2.16. The van der Waals surface area contributed by atoms with Gasteiger partial charge in [0.05, 0.1) is 12.5 Å². The average molecular weight is 237 g/mol. The Hall–Kier alpha value is -1.08. The van der Waals surface area contributed by atoms with Crippen molar-refractivity contribution in [2.24, 2.45) is 0 Å². The number of nitriles is 1. The molecule has 1 unspecified atom stereocenters. The summed E-state index contributed by atoms with van der Waals surface area (Å²) in [7, 11) is 0. The Labute approximate surface area is 104 Å². The zero-order valence-electron chi connectivity index (χ0n) is 10.7. The van der Waals surface area contributed by atoms with E-state index < -0.39 is 0 Å². The fraction of sp³-hybridized carbons (Fsp3) is 0.846. The highest BCUT2D eigenvalue weighted by atomic mass is 16.2. The molecule has 0 spiro atoms. The van der Waals surface area contributed by atoms with Gasteiger partial charge in [-0.3, -0.25) is 4.79 Å². The maximum Gasteiger partial charge on any atom is 0.223 e. The lowest BCUT2D eigenvalue weighted by Crippen LogP contribution is -2.38. The molecule has 4 heteroatoms. The molecule has 1 amide bonds. The van der Waals surface area contributed by atoms with Crippen LogP contribution in [-0.2, 0) is 4.79 Å². The molecule has 1 rings (SSSR count). The summed E-state index contributed by atoms with van der Waals surface area (Å²) in [6.45, 7) is 4.60. The molecule has 1 fully saturated rings. The van der Waals surface area contributed by atoms with Gasteiger partial charge in [-0.25, -0.2) is 0 Å². The molecule has 0 saturated carbocycles. The third kappa shape index (κ3) is 5.18. The van der Waals surface area contributed by atoms with Gasteiger partial charge in [-0.15, -0.1) is 0 Å². The highest BCUT2D eigenvalue weighted by Crippen LogP contribution is 2.09. The number of amides is 1. The molecule has 0 aliphatic carbocycles. The van der Waals surface area contributed by atoms with Crippen LogP contribution in [0.1, 0.15) is 45.4 Å². The van der Waals surface area contributed by atoms with Crippen LogP contribution < -0.4 is 5.32 Å². The number of nitrogens with one attached hydrogen (secondary N) is 1. The van der Waals surface area contributed by atoms with E-state index in [1.165, 1.54) is 6.42 Å². The number of nitrogens with zero attached hydrogens (tertiary/aromatic N) is 2. The van der Waals surface area contributed by atoms with Crippen molar-refractivity contribution >= 4 is 5.91 Å². The Morgan fingerprint density at radius 2 is 2.12 bits per heavy atom. The number of hydrogen-bond acceptors (Lipinski definition) is 3. The second-order valence-electron chi connectivity index (χ2n) is 4.61. The first-order valence-electron chi connectivity index (χ1n) is 6.66. The topological polar surface area (TPSA) is 56.1 Å². The van der Waals surface area contributed by atoms with E-state index in [9.17, 15) is 4.79 Å². The molecule has 1 N–H and O–H groups in total. The Bertz CT molecular complexity index is 266. The van der Waals surface area contributed by atoms with Gasteiger partial charge >= 0.3 is 0 Å². The van der Waals surface area contributed by atoms with Crippen LogP contribution >= 0.6 is 0 Å². The summed E-state index contributed by atoms with van der Waals surface area (Å²) >= 11 is 0. The van der Waals surface area contributed by atoms with Crippen molar-refractivity contribution in [2.75, 3.05) is 19.6 Å². The fourth-order valence-electron chi connectivity index (χ4n) is 2.16. The van der Waals surface area contributed by atoms with Gasteiger partial charge in [0.15, 0.2) is 0 Å². The van der Waals surface area contributed by atoms with Crippen LogP contribution in [-0.4, -0.2) is 36.5 Å². The molecule has 0 bridgehead atoms. The standard InChI is InChI=1S/C13H23N3O/c1-2-12(6-8-14)15-9-7-13(17)16-10-4-3-5-11-16/h12,15H,2-7,9-11H2,1H3. The second kappa shape index (κ2) is 8.08. The van der Waals surface area contributed by atoms with Crippen molar-refractivity contribution in [1.82, 2.24) is 10.2 Å². The van der Waals surface area contributed by atoms with Crippen LogP contribution in [0.25, 0.3) is 0 Å². The zero-order valence-corrected chi connectivity index (χ0v) is 10.7. The monoisotopic (exact) mass is 237 g/mol. The molecule has 1 heterocycles. The summed E-state index contributed by atoms with van der Waals surface area (Å²) < 4.78 is 0. The number of likely N-dealkylation sites (tertiary alicyclic amines) is 1. The molecule has 17 heavy (non-hydrogen) atoms. The molecule has 1 aliphatic rings. The van der Waals surface area contributed by atoms with Crippen molar-refractivity contribution in [3.63, 3.8) is 0 Å². The second-order valence-corrected chi connectivity index (χ2v) is 4.61. The van der Waals surface area contributed by atoms with Crippen molar-refractivity contribution in [3.05, 3.63) is 0 Å². The fourth-order valence-corrected chi connectivity index (χ4v) is 2.16. The summed E-state index contributed by atoms with van der Waals surface area (Å²) in [5.41, 5.74) is 0. The molecule has 0 aromatic rings. The van der Waals surface area contributed by atoms with E-state index in [4.69, 9.17) is 5.26 Å². The molecule has 1 saturated heterocycles. The Balaban J connectivity index is 2.16. The average Bonchev–Trinajstić information content (AvgIpc) is 2.38. The van der Waals surface area contributed by atoms with Crippen LogP contribution in [0.15, 0.2) is 0 Å². The minimum absolute atomic E-state index is 0.231. The van der Waals surface area contributed by atoms with Gasteiger partial charge in [-0.2, -0.15) is 5.26 Å². The predicted molar refractivity (Wildman–Crippen MR) is 67.4 cm³/mol. The van der Waals surface area contributed by atoms with Crippen molar-refractivity contribution in [3.8, 4) is 6.07 Å². The van der Waals surface area contributed by atoms with Gasteiger partial charge in [0, 0.05) is 32.1 Å². The molecule has 1 aliphatic heterocycles. The molecule has 4 nitrogen and oxygen atoms in total. The third-order valence-electron chi connectivity index (χ3n) is 3.31. The number of carbonyl (C=O) groups is 1. The molecule has 0 radical (unpaired) electrons. The van der Waals surface area contributed by atoms with E-state index in [2.05, 4.69) is 18.3 Å². The van der Waals surface area contributed by atoms with E-state index in [0.717, 1.165) is 32.4 Å². The van der Waals surface area contributed by atoms with Crippen LogP contribution in [0.4, 0.5) is 0 Å². The molecule has 0 aromatic heterocycles. The summed E-state index contributed by atoms with van der Waals surface area (Å²) in [6.07, 6.45) is 5.56. The van der Waals surface area contributed by atoms with Gasteiger partial charge in [-0.05, 0) is 25.7 Å². The Morgan fingerprint density at radius 3 is 2.71 bits per heavy atom. The van der Waals surface area contributed by atoms with Crippen LogP contribution in [0.5, 0.6) is 0 Å². The first-order valence-corrected chi connectivity index (χ1v) is 6.66. The van der Waals surface area contributed by atoms with Gasteiger partial charge in [0.2, 0.25) is 5.91 Å². The molecule has 96 valence electrons. The normalized spacial score (nSPS) is 17.5. The summed E-state index contributed by atoms with van der Waals surface area (Å²) in [6, 6.07) is 2.39. The lowest BCUT2D eigenvalue weighted by Gasteiger charge is -2.27. The molecular weight excluding hydrogens is 214 g/mol. The first kappa shape index (κ1) is 14.0. The van der Waals surface area contributed by atoms with E-state index in [1.807, 2.05) is 4.90 Å². The first-order chi connectivity index (χ1) is 8.27. The van der Waals surface area contributed by atoms with E-state index in [1.54, 1.807) is 0 Å². The number of piperidine rings is 1. The van der Waals surface area contributed by atoms with E-state index in [0.29, 0.717) is 19.4 Å². The van der Waals surface area contributed by atoms with Crippen molar-refractivity contribution in [1.29, 1.82) is 5.26 Å². The van der Waals surface area contributed by atoms with Gasteiger partial charge in [0.25, 0.3) is 0 Å². The smallest absolute Gasteiger partial charge is 0.223 e. The van der Waals surface area contributed by atoms with Crippen LogP contribution in [0.2, 0.25) is 0 Å². The number of carbonyl (C=O) groups excluding carboxylic acids is 1. The maximum absolute atomic E-state index is 11.8. The predicted octanol–water partition coefficient (Wildman–Crippen LogP) is 1.67. The van der Waals surface area contributed by atoms with E-state index >= 15 is 0 Å². The lowest BCUT2D eigenvalue weighted by atomic mass is 10.1. The quantitative estimate of drug-likeness (QED) is 0.764. The van der Waals surface area contributed by atoms with Gasteiger partial charge in [-0.1, -0.05) is 6.92 Å². The van der Waals surface area contributed by atoms with Crippen LogP contribution in [0.3, 0.4) is 0 Å². The SMILES string of the molecule is CCC(CC#N)NCCC(=O)N1CCCCC1. The maximum atomic E-state index is 11.8. The van der Waals surface area contributed by atoms with Crippen molar-refractivity contribution in [2.45, 2.75) is 51.5 Å². The molecular formula is C13H23N3O. The largest absolute Gasteiger partial charge is 0.343 e. The van der Waals surface area contributed by atoms with Crippen LogP contribution in [0, 0.1) is 11.3 Å². The summed E-state index contributed by atoms with van der Waals surface area (Å²) in [4.78, 5) is 13.8. The van der Waals surface area contributed by atoms with Gasteiger partial charge in [0.1, 0.15) is 0 Å². The minimum atomic E-state index is 0.231. The number of rotatable bonds is 6. The van der Waals surface area contributed by atoms with E-state index in [-0.39, 0.29) is 11.9 Å². The Kier molecular flexibility index (Phi) is 6.64. The minimum Gasteiger partial charge on any atom is -0.343 e. The molecule has 1 atom stereocenters. The Morgan fingerprint density at radius 1 is 1.41 bits per heavy atom. The molecule has 0 aromatic carbocycles. The number of hydrogen-bond donors (Lipinski definition) is 1. The zero-order chi connectivity index (χ0) is 12.5. The summed E-state index contributed by atoms with van der Waals surface area (Å²) in [5, 5.41) is 11.9.